The molecule has 0 aromatic carbocycles. The van der Waals surface area contributed by atoms with E-state index in [0.29, 0.717) is 19.0 Å². The molecule has 1 heterocycles. The molecule has 0 aromatic rings. The Labute approximate surface area is 100 Å². The third kappa shape index (κ3) is 2.59. The molecule has 1 saturated heterocycles. The van der Waals surface area contributed by atoms with Crippen molar-refractivity contribution < 1.29 is 8.42 Å². The second kappa shape index (κ2) is 3.98. The van der Waals surface area contributed by atoms with Crippen molar-refractivity contribution in [3.05, 3.63) is 0 Å². The maximum atomic E-state index is 12.3. The highest BCUT2D eigenvalue weighted by atomic mass is 32.2. The Bertz CT molecular complexity index is 346. The van der Waals surface area contributed by atoms with E-state index in [9.17, 15) is 8.42 Å². The number of rotatable bonds is 1. The SMILES string of the molecule is CC(C)(C)C1CCN(S(=O)(=O)C(C)(C)C)C1. The molecule has 16 heavy (non-hydrogen) atoms. The first kappa shape index (κ1) is 14.0. The molecule has 1 aliphatic rings. The molecule has 0 N–H and O–H groups in total. The molecule has 1 fully saturated rings. The molecule has 96 valence electrons. The van der Waals surface area contributed by atoms with Gasteiger partial charge in [0, 0.05) is 13.1 Å². The summed E-state index contributed by atoms with van der Waals surface area (Å²) >= 11 is 0. The van der Waals surface area contributed by atoms with Crippen LogP contribution in [0.25, 0.3) is 0 Å². The van der Waals surface area contributed by atoms with Crippen molar-refractivity contribution in [3.8, 4) is 0 Å². The average Bonchev–Trinajstić information content (AvgIpc) is 2.47. The Morgan fingerprint density at radius 2 is 1.56 bits per heavy atom. The van der Waals surface area contributed by atoms with Crippen LogP contribution < -0.4 is 0 Å². The number of hydrogen-bond acceptors (Lipinski definition) is 2. The monoisotopic (exact) mass is 247 g/mol. The van der Waals surface area contributed by atoms with E-state index in [4.69, 9.17) is 0 Å². The second-order valence-corrected chi connectivity index (χ2v) is 9.52. The van der Waals surface area contributed by atoms with Crippen LogP contribution in [0.1, 0.15) is 48.0 Å². The molecular formula is C12H25NO2S. The lowest BCUT2D eigenvalue weighted by Crippen LogP contribution is -2.42. The fraction of sp³-hybridized carbons (Fsp3) is 1.00. The molecule has 1 rings (SSSR count). The highest BCUT2D eigenvalue weighted by molar-refractivity contribution is 7.90. The van der Waals surface area contributed by atoms with Gasteiger partial charge in [0.15, 0.2) is 0 Å². The molecule has 4 heteroatoms. The van der Waals surface area contributed by atoms with Gasteiger partial charge in [-0.2, -0.15) is 0 Å². The Morgan fingerprint density at radius 3 is 1.88 bits per heavy atom. The fourth-order valence-corrected chi connectivity index (χ4v) is 3.54. The van der Waals surface area contributed by atoms with Crippen molar-refractivity contribution in [1.29, 1.82) is 0 Å². The molecular weight excluding hydrogens is 222 g/mol. The summed E-state index contributed by atoms with van der Waals surface area (Å²) in [6.07, 6.45) is 0.985. The standard InChI is InChI=1S/C12H25NO2S/c1-11(2,3)10-7-8-13(9-10)16(14,15)12(4,5)6/h10H,7-9H2,1-6H3. The minimum Gasteiger partial charge on any atom is -0.212 e. The predicted octanol–water partition coefficient (Wildman–Crippen LogP) is 2.48. The Balaban J connectivity index is 2.83. The quantitative estimate of drug-likeness (QED) is 0.714. The molecule has 0 radical (unpaired) electrons. The second-order valence-electron chi connectivity index (χ2n) is 6.83. The first-order chi connectivity index (χ1) is 6.96. The summed E-state index contributed by atoms with van der Waals surface area (Å²) in [5.74, 6) is 0.477. The van der Waals surface area contributed by atoms with Gasteiger partial charge in [-0.3, -0.25) is 0 Å². The Morgan fingerprint density at radius 1 is 1.06 bits per heavy atom. The zero-order valence-electron chi connectivity index (χ0n) is 11.4. The lowest BCUT2D eigenvalue weighted by molar-refractivity contribution is 0.251. The normalized spacial score (nSPS) is 25.0. The molecule has 0 saturated carbocycles. The highest BCUT2D eigenvalue weighted by Gasteiger charge is 2.41. The predicted molar refractivity (Wildman–Crippen MR) is 67.8 cm³/mol. The summed E-state index contributed by atoms with van der Waals surface area (Å²) in [6, 6.07) is 0. The van der Waals surface area contributed by atoms with E-state index in [1.54, 1.807) is 25.1 Å². The van der Waals surface area contributed by atoms with Crippen LogP contribution in [0.5, 0.6) is 0 Å². The topological polar surface area (TPSA) is 37.4 Å². The maximum absolute atomic E-state index is 12.3. The molecule has 1 aliphatic heterocycles. The van der Waals surface area contributed by atoms with E-state index >= 15 is 0 Å². The molecule has 0 aromatic heterocycles. The third-order valence-corrected chi connectivity index (χ3v) is 6.05. The van der Waals surface area contributed by atoms with Gasteiger partial charge in [-0.25, -0.2) is 12.7 Å². The van der Waals surface area contributed by atoms with Crippen molar-refractivity contribution in [3.63, 3.8) is 0 Å². The first-order valence-electron chi connectivity index (χ1n) is 5.96. The summed E-state index contributed by atoms with van der Waals surface area (Å²) in [7, 11) is -3.14. The molecule has 0 spiro atoms. The van der Waals surface area contributed by atoms with E-state index in [1.165, 1.54) is 0 Å². The van der Waals surface area contributed by atoms with E-state index in [2.05, 4.69) is 20.8 Å². The molecule has 0 bridgehead atoms. The fourth-order valence-electron chi connectivity index (χ4n) is 2.04. The molecule has 3 nitrogen and oxygen atoms in total. The average molecular weight is 247 g/mol. The van der Waals surface area contributed by atoms with Gasteiger partial charge in [0.05, 0.1) is 4.75 Å². The highest BCUT2D eigenvalue weighted by Crippen LogP contribution is 2.36. The smallest absolute Gasteiger partial charge is 0.212 e. The van der Waals surface area contributed by atoms with Gasteiger partial charge in [-0.05, 0) is 38.5 Å². The van der Waals surface area contributed by atoms with Crippen LogP contribution in [0.4, 0.5) is 0 Å². The van der Waals surface area contributed by atoms with Crippen LogP contribution >= 0.6 is 0 Å². The van der Waals surface area contributed by atoms with E-state index < -0.39 is 14.8 Å². The van der Waals surface area contributed by atoms with Gasteiger partial charge < -0.3 is 0 Å². The molecule has 0 aliphatic carbocycles. The lowest BCUT2D eigenvalue weighted by atomic mass is 9.80. The van der Waals surface area contributed by atoms with Crippen molar-refractivity contribution in [2.24, 2.45) is 11.3 Å². The van der Waals surface area contributed by atoms with Crippen LogP contribution in [0.15, 0.2) is 0 Å². The van der Waals surface area contributed by atoms with Gasteiger partial charge in [0.25, 0.3) is 0 Å². The van der Waals surface area contributed by atoms with E-state index in [0.717, 1.165) is 6.42 Å². The lowest BCUT2D eigenvalue weighted by Gasteiger charge is -2.29. The summed E-state index contributed by atoms with van der Waals surface area (Å²) in [4.78, 5) is 0. The maximum Gasteiger partial charge on any atom is 0.219 e. The van der Waals surface area contributed by atoms with Crippen molar-refractivity contribution >= 4 is 10.0 Å². The van der Waals surface area contributed by atoms with Gasteiger partial charge >= 0.3 is 0 Å². The Kier molecular flexibility index (Phi) is 3.48. The van der Waals surface area contributed by atoms with Crippen LogP contribution in [0.2, 0.25) is 0 Å². The van der Waals surface area contributed by atoms with Crippen molar-refractivity contribution in [1.82, 2.24) is 4.31 Å². The zero-order valence-corrected chi connectivity index (χ0v) is 12.2. The van der Waals surface area contributed by atoms with E-state index in [-0.39, 0.29) is 5.41 Å². The summed E-state index contributed by atoms with van der Waals surface area (Å²) in [5.41, 5.74) is 0.197. The molecule has 1 atom stereocenters. The first-order valence-corrected chi connectivity index (χ1v) is 7.40. The van der Waals surface area contributed by atoms with Gasteiger partial charge in [-0.1, -0.05) is 20.8 Å². The van der Waals surface area contributed by atoms with Gasteiger partial charge in [-0.15, -0.1) is 0 Å². The molecule has 1 unspecified atom stereocenters. The Hall–Kier alpha value is -0.0900. The van der Waals surface area contributed by atoms with E-state index in [1.807, 2.05) is 0 Å². The molecule has 0 amide bonds. The third-order valence-electron chi connectivity index (χ3n) is 3.49. The van der Waals surface area contributed by atoms with Crippen LogP contribution in [0.3, 0.4) is 0 Å². The minimum absolute atomic E-state index is 0.197. The van der Waals surface area contributed by atoms with Crippen LogP contribution in [-0.2, 0) is 10.0 Å². The van der Waals surface area contributed by atoms with Crippen molar-refractivity contribution in [2.75, 3.05) is 13.1 Å². The van der Waals surface area contributed by atoms with Crippen LogP contribution in [0, 0.1) is 11.3 Å². The summed E-state index contributed by atoms with van der Waals surface area (Å²) in [5, 5.41) is 0. The number of sulfonamides is 1. The number of hydrogen-bond donors (Lipinski definition) is 0. The van der Waals surface area contributed by atoms with Gasteiger partial charge in [0.1, 0.15) is 0 Å². The number of nitrogens with zero attached hydrogens (tertiary/aromatic N) is 1. The van der Waals surface area contributed by atoms with Crippen molar-refractivity contribution in [2.45, 2.75) is 52.7 Å². The summed E-state index contributed by atoms with van der Waals surface area (Å²) < 4.78 is 25.5. The minimum atomic E-state index is -3.14. The largest absolute Gasteiger partial charge is 0.219 e. The van der Waals surface area contributed by atoms with Gasteiger partial charge in [0.2, 0.25) is 10.0 Å². The summed E-state index contributed by atoms with van der Waals surface area (Å²) in [6.45, 7) is 13.2. The zero-order chi connectivity index (χ0) is 12.8. The van der Waals surface area contributed by atoms with Crippen LogP contribution in [-0.4, -0.2) is 30.6 Å².